The number of nitrogens with zero attached hydrogens (tertiary/aromatic N) is 3. The Morgan fingerprint density at radius 1 is 1.19 bits per heavy atom. The third-order valence-electron chi connectivity index (χ3n) is 3.71. The molecule has 1 aliphatic heterocycles. The van der Waals surface area contributed by atoms with Gasteiger partial charge in [0.15, 0.2) is 0 Å². The molecule has 1 aromatic heterocycles. The SMILES string of the molecule is O=C(O)CN1CCN(c2ccc3cccc(Cl)c3n2)CC1. The number of hydrogen-bond acceptors (Lipinski definition) is 4. The summed E-state index contributed by atoms with van der Waals surface area (Å²) in [5, 5.41) is 10.5. The fourth-order valence-electron chi connectivity index (χ4n) is 2.60. The van der Waals surface area contributed by atoms with Crippen LogP contribution in [-0.4, -0.2) is 53.7 Å². The van der Waals surface area contributed by atoms with Crippen LogP contribution in [0.5, 0.6) is 0 Å². The predicted molar refractivity (Wildman–Crippen MR) is 83.0 cm³/mol. The van der Waals surface area contributed by atoms with Crippen molar-refractivity contribution in [2.75, 3.05) is 37.6 Å². The summed E-state index contributed by atoms with van der Waals surface area (Å²) in [7, 11) is 0. The number of pyridine rings is 1. The van der Waals surface area contributed by atoms with Crippen molar-refractivity contribution < 1.29 is 9.90 Å². The van der Waals surface area contributed by atoms with Gasteiger partial charge in [0.25, 0.3) is 0 Å². The van der Waals surface area contributed by atoms with Gasteiger partial charge in [0.1, 0.15) is 5.82 Å². The van der Waals surface area contributed by atoms with E-state index in [2.05, 4.69) is 9.88 Å². The Morgan fingerprint density at radius 2 is 1.95 bits per heavy atom. The molecule has 2 heterocycles. The molecule has 5 nitrogen and oxygen atoms in total. The summed E-state index contributed by atoms with van der Waals surface area (Å²) >= 11 is 6.19. The molecule has 1 fully saturated rings. The van der Waals surface area contributed by atoms with Crippen LogP contribution >= 0.6 is 11.6 Å². The number of para-hydroxylation sites is 1. The normalized spacial score (nSPS) is 16.3. The van der Waals surface area contributed by atoms with Crippen LogP contribution in [0.25, 0.3) is 10.9 Å². The maximum Gasteiger partial charge on any atom is 0.317 e. The van der Waals surface area contributed by atoms with E-state index in [0.29, 0.717) is 5.02 Å². The number of benzene rings is 1. The van der Waals surface area contributed by atoms with Crippen molar-refractivity contribution in [3.8, 4) is 0 Å². The summed E-state index contributed by atoms with van der Waals surface area (Å²) in [4.78, 5) is 19.5. The molecule has 1 aromatic carbocycles. The second-order valence-corrected chi connectivity index (χ2v) is 5.55. The highest BCUT2D eigenvalue weighted by atomic mass is 35.5. The van der Waals surface area contributed by atoms with Gasteiger partial charge in [-0.3, -0.25) is 9.69 Å². The standard InChI is InChI=1S/C15H16ClN3O2/c16-12-3-1-2-11-4-5-13(17-15(11)12)19-8-6-18(7-9-19)10-14(20)21/h1-5H,6-10H2,(H,20,21). The van der Waals surface area contributed by atoms with Crippen LogP contribution in [0.1, 0.15) is 0 Å². The molecule has 21 heavy (non-hydrogen) atoms. The van der Waals surface area contributed by atoms with Crippen molar-refractivity contribution in [3.05, 3.63) is 35.4 Å². The Balaban J connectivity index is 1.76. The van der Waals surface area contributed by atoms with Crippen LogP contribution in [0.2, 0.25) is 5.02 Å². The quantitative estimate of drug-likeness (QED) is 0.941. The van der Waals surface area contributed by atoms with Crippen molar-refractivity contribution in [1.29, 1.82) is 0 Å². The van der Waals surface area contributed by atoms with Gasteiger partial charge in [-0.15, -0.1) is 0 Å². The number of aromatic nitrogens is 1. The number of aliphatic carboxylic acids is 1. The molecule has 0 radical (unpaired) electrons. The maximum absolute atomic E-state index is 10.7. The van der Waals surface area contributed by atoms with Crippen LogP contribution in [0.4, 0.5) is 5.82 Å². The molecule has 0 atom stereocenters. The average Bonchev–Trinajstić information content (AvgIpc) is 2.48. The minimum atomic E-state index is -0.779. The lowest BCUT2D eigenvalue weighted by atomic mass is 10.2. The number of rotatable bonds is 3. The second kappa shape index (κ2) is 5.87. The van der Waals surface area contributed by atoms with Gasteiger partial charge in [-0.1, -0.05) is 23.7 Å². The highest BCUT2D eigenvalue weighted by Crippen LogP contribution is 2.24. The molecule has 1 saturated heterocycles. The lowest BCUT2D eigenvalue weighted by Gasteiger charge is -2.34. The molecule has 1 aliphatic rings. The smallest absolute Gasteiger partial charge is 0.317 e. The fraction of sp³-hybridized carbons (Fsp3) is 0.333. The van der Waals surface area contributed by atoms with Crippen molar-refractivity contribution >= 4 is 34.3 Å². The third kappa shape index (κ3) is 3.09. The van der Waals surface area contributed by atoms with Gasteiger partial charge in [-0.2, -0.15) is 0 Å². The van der Waals surface area contributed by atoms with Crippen LogP contribution in [0.3, 0.4) is 0 Å². The molecule has 0 aliphatic carbocycles. The summed E-state index contributed by atoms with van der Waals surface area (Å²) < 4.78 is 0. The average molecular weight is 306 g/mol. The van der Waals surface area contributed by atoms with E-state index in [1.165, 1.54) is 0 Å². The Hall–Kier alpha value is -1.85. The van der Waals surface area contributed by atoms with Gasteiger partial charge >= 0.3 is 5.97 Å². The van der Waals surface area contributed by atoms with Gasteiger partial charge in [0.05, 0.1) is 17.1 Å². The minimum Gasteiger partial charge on any atom is -0.480 e. The maximum atomic E-state index is 10.7. The molecule has 0 saturated carbocycles. The number of anilines is 1. The lowest BCUT2D eigenvalue weighted by Crippen LogP contribution is -2.48. The molecule has 3 rings (SSSR count). The predicted octanol–water partition coefficient (Wildman–Crippen LogP) is 2.09. The molecular formula is C15H16ClN3O2. The van der Waals surface area contributed by atoms with Crippen molar-refractivity contribution in [2.45, 2.75) is 0 Å². The molecule has 0 bridgehead atoms. The zero-order valence-electron chi connectivity index (χ0n) is 11.5. The van der Waals surface area contributed by atoms with Gasteiger partial charge in [0.2, 0.25) is 0 Å². The van der Waals surface area contributed by atoms with Crippen molar-refractivity contribution in [1.82, 2.24) is 9.88 Å². The number of fused-ring (bicyclic) bond motifs is 1. The third-order valence-corrected chi connectivity index (χ3v) is 4.02. The Labute approximate surface area is 127 Å². The zero-order valence-corrected chi connectivity index (χ0v) is 12.3. The van der Waals surface area contributed by atoms with Gasteiger partial charge in [0, 0.05) is 31.6 Å². The number of carboxylic acid groups (broad SMARTS) is 1. The van der Waals surface area contributed by atoms with E-state index >= 15 is 0 Å². The summed E-state index contributed by atoms with van der Waals surface area (Å²) in [5.41, 5.74) is 0.810. The molecule has 0 spiro atoms. The first kappa shape index (κ1) is 14.1. The Morgan fingerprint density at radius 3 is 2.67 bits per heavy atom. The largest absolute Gasteiger partial charge is 0.480 e. The van der Waals surface area contributed by atoms with Crippen LogP contribution in [-0.2, 0) is 4.79 Å². The van der Waals surface area contributed by atoms with E-state index in [4.69, 9.17) is 16.7 Å². The van der Waals surface area contributed by atoms with Gasteiger partial charge < -0.3 is 10.0 Å². The topological polar surface area (TPSA) is 56.7 Å². The molecule has 6 heteroatoms. The van der Waals surface area contributed by atoms with Crippen LogP contribution < -0.4 is 4.90 Å². The molecule has 0 unspecified atom stereocenters. The van der Waals surface area contributed by atoms with E-state index < -0.39 is 5.97 Å². The summed E-state index contributed by atoms with van der Waals surface area (Å²) in [6, 6.07) is 9.75. The van der Waals surface area contributed by atoms with E-state index in [1.54, 1.807) is 0 Å². The Kier molecular flexibility index (Phi) is 3.94. The highest BCUT2D eigenvalue weighted by molar-refractivity contribution is 6.35. The van der Waals surface area contributed by atoms with Crippen LogP contribution in [0.15, 0.2) is 30.3 Å². The lowest BCUT2D eigenvalue weighted by molar-refractivity contribution is -0.138. The van der Waals surface area contributed by atoms with Crippen molar-refractivity contribution in [2.24, 2.45) is 0 Å². The molecule has 0 amide bonds. The van der Waals surface area contributed by atoms with E-state index in [9.17, 15) is 4.79 Å². The molecule has 1 N–H and O–H groups in total. The first-order valence-corrected chi connectivity index (χ1v) is 7.25. The number of carbonyl (C=O) groups is 1. The number of piperazine rings is 1. The Bertz CT molecular complexity index is 669. The summed E-state index contributed by atoms with van der Waals surface area (Å²) in [6.07, 6.45) is 0. The monoisotopic (exact) mass is 305 g/mol. The van der Waals surface area contributed by atoms with Gasteiger partial charge in [-0.25, -0.2) is 4.98 Å². The zero-order chi connectivity index (χ0) is 14.8. The van der Waals surface area contributed by atoms with Crippen LogP contribution in [0, 0.1) is 0 Å². The van der Waals surface area contributed by atoms with Crippen molar-refractivity contribution in [3.63, 3.8) is 0 Å². The van der Waals surface area contributed by atoms with E-state index in [0.717, 1.165) is 42.9 Å². The molecular weight excluding hydrogens is 290 g/mol. The molecule has 110 valence electrons. The number of halogens is 1. The molecule has 2 aromatic rings. The van der Waals surface area contributed by atoms with Gasteiger partial charge in [-0.05, 0) is 18.2 Å². The first-order valence-electron chi connectivity index (χ1n) is 6.88. The highest BCUT2D eigenvalue weighted by Gasteiger charge is 2.19. The summed E-state index contributed by atoms with van der Waals surface area (Å²) in [5.74, 6) is 0.115. The number of hydrogen-bond donors (Lipinski definition) is 1. The van der Waals surface area contributed by atoms with E-state index in [-0.39, 0.29) is 6.54 Å². The van der Waals surface area contributed by atoms with E-state index in [1.807, 2.05) is 35.2 Å². The second-order valence-electron chi connectivity index (χ2n) is 5.14. The first-order chi connectivity index (χ1) is 10.1. The minimum absolute atomic E-state index is 0.102. The summed E-state index contributed by atoms with van der Waals surface area (Å²) in [6.45, 7) is 3.11. The fourth-order valence-corrected chi connectivity index (χ4v) is 2.83. The number of carboxylic acids is 1.